The van der Waals surface area contributed by atoms with Crippen LogP contribution in [0.3, 0.4) is 0 Å². The molecule has 0 bridgehead atoms. The van der Waals surface area contributed by atoms with Crippen molar-refractivity contribution in [2.45, 2.75) is 31.5 Å². The number of pyridine rings is 1. The Morgan fingerprint density at radius 1 is 1.17 bits per heavy atom. The molecule has 0 radical (unpaired) electrons. The first-order chi connectivity index (χ1) is 16.9. The number of aryl methyl sites for hydroxylation is 1. The van der Waals surface area contributed by atoms with E-state index in [4.69, 9.17) is 4.74 Å². The van der Waals surface area contributed by atoms with Crippen LogP contribution in [0, 0.1) is 6.92 Å². The first-order valence-electron chi connectivity index (χ1n) is 11.6. The van der Waals surface area contributed by atoms with Crippen molar-refractivity contribution in [3.05, 3.63) is 93.2 Å². The third-order valence-electron chi connectivity index (χ3n) is 7.13. The largest absolute Gasteiger partial charge is 0.480 e. The molecule has 35 heavy (non-hydrogen) atoms. The Labute approximate surface area is 201 Å². The second-order valence-electron chi connectivity index (χ2n) is 9.27. The summed E-state index contributed by atoms with van der Waals surface area (Å²) in [5, 5.41) is 13.2. The highest BCUT2D eigenvalue weighted by atomic mass is 19.1. The van der Waals surface area contributed by atoms with E-state index in [9.17, 15) is 14.7 Å². The number of nitrogens with zero attached hydrogens (tertiary/aromatic N) is 2. The number of benzene rings is 2. The number of aromatic carboxylic acids is 1. The molecule has 8 heteroatoms. The Kier molecular flexibility index (Phi) is 5.00. The maximum absolute atomic E-state index is 15.7. The lowest BCUT2D eigenvalue weighted by Crippen LogP contribution is -2.46. The van der Waals surface area contributed by atoms with E-state index in [0.717, 1.165) is 17.7 Å². The number of anilines is 1. The number of carboxylic acid groups (broad SMARTS) is 1. The minimum absolute atomic E-state index is 0.0342. The molecular formula is C27H24FN3O4. The van der Waals surface area contributed by atoms with Gasteiger partial charge in [-0.05, 0) is 43.2 Å². The fourth-order valence-corrected chi connectivity index (χ4v) is 5.44. The van der Waals surface area contributed by atoms with Gasteiger partial charge in [0.25, 0.3) is 0 Å². The molecule has 7 nitrogen and oxygen atoms in total. The van der Waals surface area contributed by atoms with Gasteiger partial charge < -0.3 is 19.7 Å². The molecule has 1 fully saturated rings. The monoisotopic (exact) mass is 473 g/mol. The van der Waals surface area contributed by atoms with Crippen LogP contribution in [-0.4, -0.2) is 45.7 Å². The Hall–Kier alpha value is -3.91. The van der Waals surface area contributed by atoms with Gasteiger partial charge in [0.2, 0.25) is 5.43 Å². The maximum Gasteiger partial charge on any atom is 0.341 e. The molecule has 3 heterocycles. The first-order valence-corrected chi connectivity index (χ1v) is 11.6. The molecule has 2 aliphatic heterocycles. The topological polar surface area (TPSA) is 83.8 Å². The molecule has 1 saturated heterocycles. The van der Waals surface area contributed by atoms with E-state index >= 15 is 4.39 Å². The normalized spacial score (nSPS) is 22.6. The van der Waals surface area contributed by atoms with Crippen LogP contribution in [0.4, 0.5) is 10.1 Å². The van der Waals surface area contributed by atoms with Gasteiger partial charge in [-0.2, -0.15) is 0 Å². The standard InChI is InChI=1S/C27H24FN3O4/c1-15-6-2-3-7-20(15)29-16-10-11-30(13-16)24-19(28)12-17-23-26(24)35-22-9-5-4-8-21(22)31(23)14-18(25(17)32)27(33)34/h2-9,12,14,16,24,26,29H,10-11,13H2,1H3,(H,33,34). The van der Waals surface area contributed by atoms with Gasteiger partial charge >= 0.3 is 5.97 Å². The minimum Gasteiger partial charge on any atom is -0.480 e. The van der Waals surface area contributed by atoms with Gasteiger partial charge in [0.05, 0.1) is 11.4 Å². The Bertz CT molecular complexity index is 1450. The molecule has 0 saturated carbocycles. The summed E-state index contributed by atoms with van der Waals surface area (Å²) in [6.45, 7) is 3.31. The van der Waals surface area contributed by atoms with Crippen molar-refractivity contribution >= 4 is 17.7 Å². The average molecular weight is 474 g/mol. The molecule has 3 aliphatic rings. The van der Waals surface area contributed by atoms with Crippen molar-refractivity contribution < 1.29 is 19.0 Å². The molecule has 3 unspecified atom stereocenters. The molecule has 6 rings (SSSR count). The average Bonchev–Trinajstić information content (AvgIpc) is 3.29. The van der Waals surface area contributed by atoms with Crippen molar-refractivity contribution in [2.24, 2.45) is 0 Å². The molecule has 1 aromatic heterocycles. The van der Waals surface area contributed by atoms with Gasteiger partial charge in [0.1, 0.15) is 23.2 Å². The number of hydrogen-bond donors (Lipinski definition) is 2. The Morgan fingerprint density at radius 2 is 1.94 bits per heavy atom. The molecule has 2 aromatic carbocycles. The number of nitrogens with one attached hydrogen (secondary N) is 1. The van der Waals surface area contributed by atoms with Gasteiger partial charge in [-0.1, -0.05) is 30.3 Å². The van der Waals surface area contributed by atoms with E-state index in [1.54, 1.807) is 16.7 Å². The van der Waals surface area contributed by atoms with Crippen molar-refractivity contribution in [3.63, 3.8) is 0 Å². The summed E-state index contributed by atoms with van der Waals surface area (Å²) in [4.78, 5) is 26.8. The molecule has 0 spiro atoms. The predicted octanol–water partition coefficient (Wildman–Crippen LogP) is 4.16. The number of aromatic nitrogens is 1. The smallest absolute Gasteiger partial charge is 0.341 e. The Balaban J connectivity index is 1.40. The fraction of sp³-hybridized carbons (Fsp3) is 0.259. The molecule has 178 valence electrons. The number of carbonyl (C=O) groups is 1. The van der Waals surface area contributed by atoms with Gasteiger partial charge in [-0.25, -0.2) is 9.18 Å². The minimum atomic E-state index is -1.34. The van der Waals surface area contributed by atoms with Crippen LogP contribution >= 0.6 is 0 Å². The molecule has 3 atom stereocenters. The van der Waals surface area contributed by atoms with E-state index in [2.05, 4.69) is 5.32 Å². The van der Waals surface area contributed by atoms with E-state index in [-0.39, 0.29) is 11.6 Å². The van der Waals surface area contributed by atoms with Crippen molar-refractivity contribution in [1.82, 2.24) is 9.47 Å². The Morgan fingerprint density at radius 3 is 2.74 bits per heavy atom. The number of fused-ring (bicyclic) bond motifs is 2. The molecule has 3 aromatic rings. The highest BCUT2D eigenvalue weighted by Gasteiger charge is 2.45. The lowest BCUT2D eigenvalue weighted by molar-refractivity contribution is 0.0684. The summed E-state index contributed by atoms with van der Waals surface area (Å²) in [5.74, 6) is -1.32. The summed E-state index contributed by atoms with van der Waals surface area (Å²) in [6.07, 6.45) is 2.58. The van der Waals surface area contributed by atoms with E-state index < -0.39 is 34.9 Å². The first kappa shape index (κ1) is 21.6. The second kappa shape index (κ2) is 8.09. The van der Waals surface area contributed by atoms with Gasteiger partial charge in [0.15, 0.2) is 6.10 Å². The number of halogens is 1. The zero-order valence-electron chi connectivity index (χ0n) is 19.1. The quantitative estimate of drug-likeness (QED) is 0.592. The van der Waals surface area contributed by atoms with Crippen LogP contribution < -0.4 is 15.5 Å². The van der Waals surface area contributed by atoms with Gasteiger partial charge in [0, 0.05) is 36.6 Å². The maximum atomic E-state index is 15.7. The molecular weight excluding hydrogens is 449 g/mol. The predicted molar refractivity (Wildman–Crippen MR) is 130 cm³/mol. The third kappa shape index (κ3) is 3.44. The molecule has 1 aliphatic carbocycles. The number of carboxylic acids is 1. The van der Waals surface area contributed by atoms with Crippen LogP contribution in [0.25, 0.3) is 11.8 Å². The SMILES string of the molecule is Cc1ccccc1NC1CCN(C2C(F)=Cc3c4n(cc(C(=O)O)c3=O)-c3ccccc3OC42)C1. The third-order valence-corrected chi connectivity index (χ3v) is 7.13. The number of hydrogen-bond acceptors (Lipinski definition) is 5. The summed E-state index contributed by atoms with van der Waals surface area (Å²) >= 11 is 0. The zero-order chi connectivity index (χ0) is 24.3. The number of rotatable bonds is 4. The molecule has 0 amide bonds. The van der Waals surface area contributed by atoms with Crippen molar-refractivity contribution in [3.8, 4) is 11.4 Å². The van der Waals surface area contributed by atoms with E-state index in [1.807, 2.05) is 48.2 Å². The van der Waals surface area contributed by atoms with Gasteiger partial charge in [-0.3, -0.25) is 9.69 Å². The summed E-state index contributed by atoms with van der Waals surface area (Å²) < 4.78 is 23.7. The summed E-state index contributed by atoms with van der Waals surface area (Å²) in [6, 6.07) is 14.7. The fourth-order valence-electron chi connectivity index (χ4n) is 5.44. The summed E-state index contributed by atoms with van der Waals surface area (Å²) in [5.41, 5.74) is 2.25. The van der Waals surface area contributed by atoms with Gasteiger partial charge in [-0.15, -0.1) is 0 Å². The van der Waals surface area contributed by atoms with Crippen LogP contribution in [0.1, 0.15) is 39.7 Å². The van der Waals surface area contributed by atoms with Crippen LogP contribution in [0.2, 0.25) is 0 Å². The van der Waals surface area contributed by atoms with E-state index in [0.29, 0.717) is 30.2 Å². The van der Waals surface area contributed by atoms with Crippen molar-refractivity contribution in [1.29, 1.82) is 0 Å². The number of ether oxygens (including phenoxy) is 1. The second-order valence-corrected chi connectivity index (χ2v) is 9.27. The molecule has 2 N–H and O–H groups in total. The lowest BCUT2D eigenvalue weighted by Gasteiger charge is -2.41. The lowest BCUT2D eigenvalue weighted by atomic mass is 9.90. The highest BCUT2D eigenvalue weighted by molar-refractivity contribution is 5.88. The van der Waals surface area contributed by atoms with Crippen LogP contribution in [-0.2, 0) is 0 Å². The summed E-state index contributed by atoms with van der Waals surface area (Å²) in [7, 11) is 0. The van der Waals surface area contributed by atoms with E-state index in [1.165, 1.54) is 12.3 Å². The van der Waals surface area contributed by atoms with Crippen molar-refractivity contribution in [2.75, 3.05) is 18.4 Å². The van der Waals surface area contributed by atoms with Crippen LogP contribution in [0.15, 0.2) is 65.3 Å². The zero-order valence-corrected chi connectivity index (χ0v) is 19.1. The number of likely N-dealkylation sites (tertiary alicyclic amines) is 1. The number of para-hydroxylation sites is 3. The van der Waals surface area contributed by atoms with Crippen LogP contribution in [0.5, 0.6) is 5.75 Å². The highest BCUT2D eigenvalue weighted by Crippen LogP contribution is 2.45.